The van der Waals surface area contributed by atoms with Crippen LogP contribution in [-0.4, -0.2) is 45.1 Å². The molecule has 0 aromatic heterocycles. The Labute approximate surface area is 119 Å². The Kier molecular flexibility index (Phi) is 15.8. The molecule has 6 heteroatoms. The maximum absolute atomic E-state index is 10.1. The molecule has 0 aromatic rings. The molecule has 19 heavy (non-hydrogen) atoms. The highest BCUT2D eigenvalue weighted by Crippen LogP contribution is 2.02. The van der Waals surface area contributed by atoms with Gasteiger partial charge in [-0.2, -0.15) is 8.42 Å². The van der Waals surface area contributed by atoms with E-state index in [1.54, 1.807) is 0 Å². The van der Waals surface area contributed by atoms with E-state index in [0.29, 0.717) is 6.42 Å². The van der Waals surface area contributed by atoms with E-state index in [1.165, 1.54) is 19.4 Å². The maximum atomic E-state index is 10.1. The van der Waals surface area contributed by atoms with Crippen LogP contribution < -0.4 is 0 Å². The third-order valence-electron chi connectivity index (χ3n) is 2.44. The summed E-state index contributed by atoms with van der Waals surface area (Å²) in [5.41, 5.74) is 0. The van der Waals surface area contributed by atoms with Crippen LogP contribution in [0.3, 0.4) is 0 Å². The van der Waals surface area contributed by atoms with Crippen LogP contribution in [0.5, 0.6) is 0 Å². The molecule has 0 amide bonds. The highest BCUT2D eigenvalue weighted by Gasteiger charge is 2.02. The van der Waals surface area contributed by atoms with Crippen LogP contribution in [-0.2, 0) is 14.6 Å². The van der Waals surface area contributed by atoms with Crippen molar-refractivity contribution in [2.75, 3.05) is 27.2 Å². The highest BCUT2D eigenvalue weighted by molar-refractivity contribution is 7.80. The molecular weight excluding hydrogens is 266 g/mol. The summed E-state index contributed by atoms with van der Waals surface area (Å²) in [5, 5.41) is 0. The van der Waals surface area contributed by atoms with Gasteiger partial charge in [0.25, 0.3) is 0 Å². The fourth-order valence-electron chi connectivity index (χ4n) is 1.34. The Morgan fingerprint density at radius 1 is 0.947 bits per heavy atom. The van der Waals surface area contributed by atoms with Crippen LogP contribution in [0.2, 0.25) is 0 Å². The van der Waals surface area contributed by atoms with Crippen LogP contribution >= 0.6 is 0 Å². The summed E-state index contributed by atoms with van der Waals surface area (Å²) in [7, 11) is -0.00326. The molecule has 0 saturated heterocycles. The first-order valence-corrected chi connectivity index (χ1v) is 8.46. The molecule has 0 aliphatic rings. The summed E-state index contributed by atoms with van der Waals surface area (Å²) < 4.78 is 32.4. The Balaban J connectivity index is 0. The average Bonchev–Trinajstić information content (AvgIpc) is 2.30. The monoisotopic (exact) mass is 297 g/mol. The second kappa shape index (κ2) is 14.2. The number of nitrogens with zero attached hydrogens (tertiary/aromatic N) is 1. The van der Waals surface area contributed by atoms with E-state index in [0.717, 1.165) is 25.7 Å². The summed E-state index contributed by atoms with van der Waals surface area (Å²) in [6.07, 6.45) is 7.66. The zero-order chi connectivity index (χ0) is 15.1. The minimum Gasteiger partial charge on any atom is -0.309 e. The van der Waals surface area contributed by atoms with Gasteiger partial charge in [0.1, 0.15) is 0 Å². The van der Waals surface area contributed by atoms with E-state index < -0.39 is 10.4 Å². The lowest BCUT2D eigenvalue weighted by Crippen LogP contribution is -2.12. The third kappa shape index (κ3) is 27.1. The van der Waals surface area contributed by atoms with Gasteiger partial charge in [-0.3, -0.25) is 4.55 Å². The largest absolute Gasteiger partial charge is 0.397 e. The predicted octanol–water partition coefficient (Wildman–Crippen LogP) is 3.12. The van der Waals surface area contributed by atoms with Gasteiger partial charge >= 0.3 is 10.4 Å². The lowest BCUT2D eigenvalue weighted by atomic mass is 10.2. The number of rotatable bonds is 10. The smallest absolute Gasteiger partial charge is 0.309 e. The lowest BCUT2D eigenvalue weighted by molar-refractivity contribution is 0.261. The average molecular weight is 297 g/mol. The third-order valence-corrected chi connectivity index (χ3v) is 2.90. The second-order valence-electron chi connectivity index (χ2n) is 4.82. The summed E-state index contributed by atoms with van der Waals surface area (Å²) in [5.74, 6) is 0. The molecule has 0 aromatic carbocycles. The minimum atomic E-state index is -4.22. The van der Waals surface area contributed by atoms with Crippen molar-refractivity contribution in [2.45, 2.75) is 58.8 Å². The topological polar surface area (TPSA) is 66.8 Å². The SMILES string of the molecule is CCCCCCCOS(=O)(=O)O.CCCCN(C)C. The molecule has 0 bridgehead atoms. The van der Waals surface area contributed by atoms with Crippen molar-refractivity contribution in [3.63, 3.8) is 0 Å². The molecule has 0 saturated carbocycles. The minimum absolute atomic E-state index is 0.0859. The Morgan fingerprint density at radius 2 is 1.47 bits per heavy atom. The van der Waals surface area contributed by atoms with E-state index in [4.69, 9.17) is 4.55 Å². The highest BCUT2D eigenvalue weighted by atomic mass is 32.3. The van der Waals surface area contributed by atoms with Gasteiger partial charge < -0.3 is 4.90 Å². The van der Waals surface area contributed by atoms with E-state index in [-0.39, 0.29) is 6.61 Å². The van der Waals surface area contributed by atoms with Crippen molar-refractivity contribution in [3.05, 3.63) is 0 Å². The molecule has 0 aliphatic heterocycles. The standard InChI is InChI=1S/C7H16O4S.C6H15N/c1-2-3-4-5-6-7-11-12(8,9)10;1-4-5-6-7(2)3/h2-7H2,1H3,(H,8,9,10);4-6H2,1-3H3. The molecule has 118 valence electrons. The quantitative estimate of drug-likeness (QED) is 0.495. The summed E-state index contributed by atoms with van der Waals surface area (Å²) >= 11 is 0. The van der Waals surface area contributed by atoms with Gasteiger partial charge in [-0.25, -0.2) is 4.18 Å². The van der Waals surface area contributed by atoms with Crippen LogP contribution in [0.1, 0.15) is 58.8 Å². The number of hydrogen-bond donors (Lipinski definition) is 1. The summed E-state index contributed by atoms with van der Waals surface area (Å²) in [6.45, 7) is 5.64. The Morgan fingerprint density at radius 3 is 1.84 bits per heavy atom. The van der Waals surface area contributed by atoms with Crippen molar-refractivity contribution >= 4 is 10.4 Å². The van der Waals surface area contributed by atoms with Crippen LogP contribution in [0, 0.1) is 0 Å². The first-order chi connectivity index (χ1) is 8.83. The Hall–Kier alpha value is -0.170. The van der Waals surface area contributed by atoms with Gasteiger partial charge in [0, 0.05) is 0 Å². The molecule has 0 radical (unpaired) electrons. The lowest BCUT2D eigenvalue weighted by Gasteiger charge is -2.05. The van der Waals surface area contributed by atoms with Crippen LogP contribution in [0.15, 0.2) is 0 Å². The molecule has 0 aliphatic carbocycles. The normalized spacial score (nSPS) is 11.3. The summed E-state index contributed by atoms with van der Waals surface area (Å²) in [4.78, 5) is 2.21. The molecule has 1 N–H and O–H groups in total. The van der Waals surface area contributed by atoms with Gasteiger partial charge in [-0.05, 0) is 33.5 Å². The molecule has 0 spiro atoms. The van der Waals surface area contributed by atoms with Crippen molar-refractivity contribution in [3.8, 4) is 0 Å². The van der Waals surface area contributed by atoms with Gasteiger partial charge in [0.15, 0.2) is 0 Å². The van der Waals surface area contributed by atoms with E-state index >= 15 is 0 Å². The van der Waals surface area contributed by atoms with Gasteiger partial charge in [-0.1, -0.05) is 46.0 Å². The molecule has 0 rings (SSSR count). The van der Waals surface area contributed by atoms with Gasteiger partial charge in [0.05, 0.1) is 6.61 Å². The van der Waals surface area contributed by atoms with E-state index in [9.17, 15) is 8.42 Å². The second-order valence-corrected chi connectivity index (χ2v) is 5.91. The van der Waals surface area contributed by atoms with E-state index in [1.807, 2.05) is 0 Å². The Bertz CT molecular complexity index is 266. The maximum Gasteiger partial charge on any atom is 0.397 e. The van der Waals surface area contributed by atoms with Crippen molar-refractivity contribution < 1.29 is 17.2 Å². The van der Waals surface area contributed by atoms with Crippen LogP contribution in [0.4, 0.5) is 0 Å². The van der Waals surface area contributed by atoms with Gasteiger partial charge in [0.2, 0.25) is 0 Å². The zero-order valence-corrected chi connectivity index (χ0v) is 13.7. The first-order valence-electron chi connectivity index (χ1n) is 7.10. The van der Waals surface area contributed by atoms with Gasteiger partial charge in [-0.15, -0.1) is 0 Å². The molecular formula is C13H31NO4S. The van der Waals surface area contributed by atoms with E-state index in [2.05, 4.69) is 37.0 Å². The number of hydrogen-bond acceptors (Lipinski definition) is 4. The first kappa shape index (κ1) is 21.1. The fraction of sp³-hybridized carbons (Fsp3) is 1.00. The molecule has 0 fully saturated rings. The number of unbranched alkanes of at least 4 members (excludes halogenated alkanes) is 5. The zero-order valence-electron chi connectivity index (χ0n) is 12.9. The molecule has 0 atom stereocenters. The van der Waals surface area contributed by atoms with Crippen molar-refractivity contribution in [2.24, 2.45) is 0 Å². The molecule has 0 unspecified atom stereocenters. The molecule has 0 heterocycles. The summed E-state index contributed by atoms with van der Waals surface area (Å²) in [6, 6.07) is 0. The molecule has 5 nitrogen and oxygen atoms in total. The van der Waals surface area contributed by atoms with Crippen LogP contribution in [0.25, 0.3) is 0 Å². The predicted molar refractivity (Wildman–Crippen MR) is 79.7 cm³/mol. The van der Waals surface area contributed by atoms with Crippen molar-refractivity contribution in [1.29, 1.82) is 0 Å². The fourth-order valence-corrected chi connectivity index (χ4v) is 1.67. The van der Waals surface area contributed by atoms with Crippen molar-refractivity contribution in [1.82, 2.24) is 4.90 Å².